The highest BCUT2D eigenvalue weighted by molar-refractivity contribution is 5.96. The van der Waals surface area contributed by atoms with Crippen LogP contribution in [0.5, 0.6) is 5.75 Å². The molecule has 0 atom stereocenters. The maximum atomic E-state index is 12.4. The number of aromatic nitrogens is 2. The van der Waals surface area contributed by atoms with Crippen molar-refractivity contribution in [2.45, 2.75) is 6.61 Å². The van der Waals surface area contributed by atoms with Crippen molar-refractivity contribution in [1.29, 1.82) is 0 Å². The Balaban J connectivity index is 2.54. The van der Waals surface area contributed by atoms with Crippen molar-refractivity contribution >= 4 is 5.97 Å². The first kappa shape index (κ1) is 13.9. The van der Waals surface area contributed by atoms with E-state index in [1.807, 2.05) is 0 Å². The molecule has 0 saturated carbocycles. The Labute approximate surface area is 113 Å². The molecule has 0 spiro atoms. The van der Waals surface area contributed by atoms with Gasteiger partial charge in [0.2, 0.25) is 0 Å². The van der Waals surface area contributed by atoms with E-state index in [0.717, 1.165) is 0 Å². The van der Waals surface area contributed by atoms with E-state index in [0.29, 0.717) is 0 Å². The number of methoxy groups -OCH3 is 1. The average molecular weight is 280 g/mol. The maximum absolute atomic E-state index is 12.4. The average Bonchev–Trinajstić information content (AvgIpc) is 2.46. The number of esters is 1. The summed E-state index contributed by atoms with van der Waals surface area (Å²) in [5.74, 6) is -0.737. The summed E-state index contributed by atoms with van der Waals surface area (Å²) in [5, 5.41) is 0. The lowest BCUT2D eigenvalue weighted by atomic mass is 10.1. The van der Waals surface area contributed by atoms with Crippen molar-refractivity contribution < 1.29 is 23.0 Å². The first-order valence-electron chi connectivity index (χ1n) is 5.56. The molecule has 20 heavy (non-hydrogen) atoms. The van der Waals surface area contributed by atoms with Gasteiger partial charge in [-0.1, -0.05) is 12.1 Å². The van der Waals surface area contributed by atoms with Crippen LogP contribution < -0.4 is 4.74 Å². The molecule has 1 aromatic carbocycles. The number of carbonyl (C=O) groups is 1. The Bertz CT molecular complexity index is 620. The van der Waals surface area contributed by atoms with E-state index in [4.69, 9.17) is 0 Å². The monoisotopic (exact) mass is 280 g/mol. The molecule has 1 aromatic heterocycles. The number of halogens is 2. The van der Waals surface area contributed by atoms with Crippen molar-refractivity contribution in [2.24, 2.45) is 0 Å². The van der Waals surface area contributed by atoms with Crippen LogP contribution >= 0.6 is 0 Å². The predicted molar refractivity (Wildman–Crippen MR) is 65.4 cm³/mol. The Morgan fingerprint density at radius 2 is 2.05 bits per heavy atom. The summed E-state index contributed by atoms with van der Waals surface area (Å²) in [6.07, 6.45) is 2.47. The molecule has 0 aliphatic carbocycles. The molecule has 0 bridgehead atoms. The van der Waals surface area contributed by atoms with Gasteiger partial charge in [-0.15, -0.1) is 0 Å². The molecule has 1 heterocycles. The van der Waals surface area contributed by atoms with Gasteiger partial charge in [-0.3, -0.25) is 0 Å². The van der Waals surface area contributed by atoms with Crippen LogP contribution in [-0.4, -0.2) is 29.7 Å². The minimum absolute atomic E-state index is 0.0697. The van der Waals surface area contributed by atoms with Gasteiger partial charge in [0.1, 0.15) is 17.6 Å². The number of para-hydroxylation sites is 1. The molecule has 0 aliphatic heterocycles. The fourth-order valence-electron chi connectivity index (χ4n) is 1.66. The molecule has 0 unspecified atom stereocenters. The quantitative estimate of drug-likeness (QED) is 0.805. The van der Waals surface area contributed by atoms with Gasteiger partial charge < -0.3 is 9.47 Å². The number of nitrogens with zero attached hydrogens (tertiary/aromatic N) is 2. The fourth-order valence-corrected chi connectivity index (χ4v) is 1.66. The molecule has 0 aliphatic rings. The van der Waals surface area contributed by atoms with Crippen molar-refractivity contribution in [2.75, 3.05) is 7.11 Å². The van der Waals surface area contributed by atoms with E-state index >= 15 is 0 Å². The van der Waals surface area contributed by atoms with Gasteiger partial charge in [0.05, 0.1) is 12.8 Å². The lowest BCUT2D eigenvalue weighted by Crippen LogP contribution is -2.08. The van der Waals surface area contributed by atoms with Crippen LogP contribution in [-0.2, 0) is 4.74 Å². The Morgan fingerprint density at radius 3 is 2.75 bits per heavy atom. The largest absolute Gasteiger partial charge is 0.465 e. The smallest absolute Gasteiger partial charge is 0.387 e. The first-order chi connectivity index (χ1) is 9.63. The van der Waals surface area contributed by atoms with Crippen molar-refractivity contribution in [1.82, 2.24) is 9.97 Å². The summed E-state index contributed by atoms with van der Waals surface area (Å²) in [5.41, 5.74) is 0.499. The topological polar surface area (TPSA) is 61.3 Å². The number of ether oxygens (including phenoxy) is 2. The van der Waals surface area contributed by atoms with Crippen LogP contribution in [0.1, 0.15) is 10.4 Å². The fraction of sp³-hybridized carbons (Fsp3) is 0.154. The molecule has 7 heteroatoms. The molecule has 0 saturated heterocycles. The third-order valence-corrected chi connectivity index (χ3v) is 2.48. The second-order valence-electron chi connectivity index (χ2n) is 3.65. The van der Waals surface area contributed by atoms with Crippen LogP contribution in [0.4, 0.5) is 8.78 Å². The predicted octanol–water partition coefficient (Wildman–Crippen LogP) is 2.53. The molecular formula is C13H10F2N2O3. The van der Waals surface area contributed by atoms with Crippen molar-refractivity contribution in [3.8, 4) is 17.0 Å². The number of benzene rings is 1. The molecule has 0 amide bonds. The maximum Gasteiger partial charge on any atom is 0.387 e. The lowest BCUT2D eigenvalue weighted by molar-refractivity contribution is -0.0494. The van der Waals surface area contributed by atoms with E-state index in [2.05, 4.69) is 19.4 Å². The van der Waals surface area contributed by atoms with Crippen LogP contribution in [0, 0.1) is 0 Å². The summed E-state index contributed by atoms with van der Waals surface area (Å²) in [6.45, 7) is -2.97. The van der Waals surface area contributed by atoms with Gasteiger partial charge in [-0.2, -0.15) is 8.78 Å². The van der Waals surface area contributed by atoms with E-state index < -0.39 is 12.6 Å². The zero-order valence-electron chi connectivity index (χ0n) is 10.4. The Morgan fingerprint density at radius 1 is 1.30 bits per heavy atom. The highest BCUT2D eigenvalue weighted by Crippen LogP contribution is 2.31. The lowest BCUT2D eigenvalue weighted by Gasteiger charge is -2.11. The number of rotatable bonds is 4. The standard InChI is InChI=1S/C13H10F2N2O3/c1-19-12(18)9-6-16-7-17-11(9)8-4-2-3-5-10(8)20-13(14)15/h2-7,13H,1H3. The van der Waals surface area contributed by atoms with E-state index in [-0.39, 0.29) is 22.6 Å². The second-order valence-corrected chi connectivity index (χ2v) is 3.65. The van der Waals surface area contributed by atoms with Crippen molar-refractivity contribution in [3.63, 3.8) is 0 Å². The van der Waals surface area contributed by atoms with Gasteiger partial charge in [0.25, 0.3) is 0 Å². The van der Waals surface area contributed by atoms with Crippen LogP contribution in [0.2, 0.25) is 0 Å². The summed E-state index contributed by atoms with van der Waals surface area (Å²) < 4.78 is 33.8. The minimum Gasteiger partial charge on any atom is -0.465 e. The molecule has 104 valence electrons. The number of hydrogen-bond donors (Lipinski definition) is 0. The zero-order chi connectivity index (χ0) is 14.5. The van der Waals surface area contributed by atoms with Crippen LogP contribution in [0.25, 0.3) is 11.3 Å². The van der Waals surface area contributed by atoms with Gasteiger partial charge in [0.15, 0.2) is 0 Å². The Hall–Kier alpha value is -2.57. The van der Waals surface area contributed by atoms with Gasteiger partial charge in [0, 0.05) is 11.8 Å². The molecule has 0 radical (unpaired) electrons. The normalized spacial score (nSPS) is 10.4. The highest BCUT2D eigenvalue weighted by Gasteiger charge is 2.19. The summed E-state index contributed by atoms with van der Waals surface area (Å²) in [4.78, 5) is 19.3. The third-order valence-electron chi connectivity index (χ3n) is 2.48. The molecule has 5 nitrogen and oxygen atoms in total. The number of alkyl halides is 2. The van der Waals surface area contributed by atoms with Crippen LogP contribution in [0.3, 0.4) is 0 Å². The minimum atomic E-state index is -2.97. The van der Waals surface area contributed by atoms with Gasteiger partial charge >= 0.3 is 12.6 Å². The number of carbonyl (C=O) groups excluding carboxylic acids is 1. The second kappa shape index (κ2) is 6.05. The zero-order valence-corrected chi connectivity index (χ0v) is 10.4. The third kappa shape index (κ3) is 2.87. The summed E-state index contributed by atoms with van der Waals surface area (Å²) in [7, 11) is 1.21. The van der Waals surface area contributed by atoms with Gasteiger partial charge in [-0.25, -0.2) is 14.8 Å². The molecule has 2 aromatic rings. The molecule has 2 rings (SSSR count). The number of hydrogen-bond acceptors (Lipinski definition) is 5. The molecule has 0 fully saturated rings. The van der Waals surface area contributed by atoms with Crippen LogP contribution in [0.15, 0.2) is 36.8 Å². The van der Waals surface area contributed by atoms with E-state index in [9.17, 15) is 13.6 Å². The van der Waals surface area contributed by atoms with E-state index in [1.54, 1.807) is 12.1 Å². The van der Waals surface area contributed by atoms with Crippen molar-refractivity contribution in [3.05, 3.63) is 42.4 Å². The van der Waals surface area contributed by atoms with E-state index in [1.165, 1.54) is 31.8 Å². The highest BCUT2D eigenvalue weighted by atomic mass is 19.3. The summed E-state index contributed by atoms with van der Waals surface area (Å²) >= 11 is 0. The molecule has 0 N–H and O–H groups in total. The van der Waals surface area contributed by atoms with Gasteiger partial charge in [-0.05, 0) is 12.1 Å². The first-order valence-corrected chi connectivity index (χ1v) is 5.56. The molecular weight excluding hydrogens is 270 g/mol. The SMILES string of the molecule is COC(=O)c1cncnc1-c1ccccc1OC(F)F. The summed E-state index contributed by atoms with van der Waals surface area (Å²) in [6, 6.07) is 6.05. The Kier molecular flexibility index (Phi) is 4.19.